The summed E-state index contributed by atoms with van der Waals surface area (Å²) in [6.07, 6.45) is 0.0279. The third-order valence-electron chi connectivity index (χ3n) is 2.24. The van der Waals surface area contributed by atoms with E-state index in [9.17, 15) is 13.2 Å². The Bertz CT molecular complexity index is 637. The molecule has 0 aliphatic carbocycles. The summed E-state index contributed by atoms with van der Waals surface area (Å²) in [5, 5.41) is 17.1. The molecule has 1 aromatic carbocycles. The molecule has 102 valence electrons. The summed E-state index contributed by atoms with van der Waals surface area (Å²) in [6, 6.07) is 4.63. The highest BCUT2D eigenvalue weighted by atomic mass is 35.5. The topological polar surface area (TPSA) is 107 Å². The fraction of sp³-hybridized carbons (Fsp3) is 0.273. The SMILES string of the molecule is CC(CC#N)NS(=O)(=O)c1ccc(C(=O)O)c(Cl)c1. The van der Waals surface area contributed by atoms with E-state index in [-0.39, 0.29) is 21.9 Å². The summed E-state index contributed by atoms with van der Waals surface area (Å²) in [5.41, 5.74) is -0.175. The summed E-state index contributed by atoms with van der Waals surface area (Å²) in [7, 11) is -3.83. The van der Waals surface area contributed by atoms with Gasteiger partial charge < -0.3 is 5.11 Å². The quantitative estimate of drug-likeness (QED) is 0.859. The number of nitrogens with zero attached hydrogens (tertiary/aromatic N) is 1. The molecule has 0 aliphatic heterocycles. The zero-order chi connectivity index (χ0) is 14.6. The highest BCUT2D eigenvalue weighted by Crippen LogP contribution is 2.21. The molecule has 2 N–H and O–H groups in total. The third-order valence-corrected chi connectivity index (χ3v) is 4.13. The molecule has 0 saturated carbocycles. The van der Waals surface area contributed by atoms with Gasteiger partial charge >= 0.3 is 5.97 Å². The van der Waals surface area contributed by atoms with Crippen LogP contribution in [0.3, 0.4) is 0 Å². The Labute approximate surface area is 115 Å². The van der Waals surface area contributed by atoms with Gasteiger partial charge in [0.15, 0.2) is 0 Å². The third kappa shape index (κ3) is 3.92. The molecule has 1 atom stereocenters. The number of nitriles is 1. The van der Waals surface area contributed by atoms with Crippen LogP contribution in [0.2, 0.25) is 5.02 Å². The Kier molecular flexibility index (Phi) is 4.89. The first-order valence-electron chi connectivity index (χ1n) is 5.20. The van der Waals surface area contributed by atoms with Crippen molar-refractivity contribution in [3.05, 3.63) is 28.8 Å². The largest absolute Gasteiger partial charge is 0.478 e. The van der Waals surface area contributed by atoms with E-state index in [1.54, 1.807) is 6.92 Å². The number of sulfonamides is 1. The highest BCUT2D eigenvalue weighted by molar-refractivity contribution is 7.89. The van der Waals surface area contributed by atoms with Gasteiger partial charge in [0.1, 0.15) is 0 Å². The molecule has 0 bridgehead atoms. The summed E-state index contributed by atoms with van der Waals surface area (Å²) in [6.45, 7) is 1.55. The van der Waals surface area contributed by atoms with Gasteiger partial charge in [0.25, 0.3) is 0 Å². The second-order valence-electron chi connectivity index (χ2n) is 3.83. The van der Waals surface area contributed by atoms with Crippen LogP contribution in [0.4, 0.5) is 0 Å². The maximum Gasteiger partial charge on any atom is 0.337 e. The van der Waals surface area contributed by atoms with E-state index >= 15 is 0 Å². The molecule has 1 unspecified atom stereocenters. The van der Waals surface area contributed by atoms with Gasteiger partial charge in [-0.25, -0.2) is 17.9 Å². The first kappa shape index (κ1) is 15.4. The lowest BCUT2D eigenvalue weighted by Gasteiger charge is -2.11. The number of aromatic carboxylic acids is 1. The van der Waals surface area contributed by atoms with Crippen LogP contribution in [0.25, 0.3) is 0 Å². The number of rotatable bonds is 5. The van der Waals surface area contributed by atoms with Crippen molar-refractivity contribution < 1.29 is 18.3 Å². The van der Waals surface area contributed by atoms with Crippen molar-refractivity contribution in [1.82, 2.24) is 4.72 Å². The Hall–Kier alpha value is -1.62. The average molecular weight is 303 g/mol. The Balaban J connectivity index is 3.07. The van der Waals surface area contributed by atoms with Crippen LogP contribution in [-0.2, 0) is 10.0 Å². The van der Waals surface area contributed by atoms with Crippen molar-refractivity contribution in [1.29, 1.82) is 5.26 Å². The van der Waals surface area contributed by atoms with Gasteiger partial charge in [-0.05, 0) is 25.1 Å². The minimum Gasteiger partial charge on any atom is -0.478 e. The molecule has 8 heteroatoms. The number of hydrogen-bond acceptors (Lipinski definition) is 4. The van der Waals surface area contributed by atoms with Crippen molar-refractivity contribution in [3.63, 3.8) is 0 Å². The first-order valence-corrected chi connectivity index (χ1v) is 7.06. The predicted molar refractivity (Wildman–Crippen MR) is 68.4 cm³/mol. The molecule has 0 fully saturated rings. The standard InChI is InChI=1S/C11H11ClN2O4S/c1-7(4-5-13)14-19(17,18)8-2-3-9(11(15)16)10(12)6-8/h2-3,6-7,14H,4H2,1H3,(H,15,16). The van der Waals surface area contributed by atoms with Gasteiger partial charge in [-0.3, -0.25) is 0 Å². The van der Waals surface area contributed by atoms with Crippen LogP contribution >= 0.6 is 11.6 Å². The fourth-order valence-corrected chi connectivity index (χ4v) is 2.94. The Morgan fingerprint density at radius 3 is 2.68 bits per heavy atom. The van der Waals surface area contributed by atoms with Gasteiger partial charge in [-0.1, -0.05) is 11.6 Å². The summed E-state index contributed by atoms with van der Waals surface area (Å²) in [5.74, 6) is -1.24. The molecule has 0 heterocycles. The Morgan fingerprint density at radius 2 is 2.21 bits per heavy atom. The van der Waals surface area contributed by atoms with Crippen molar-refractivity contribution in [2.75, 3.05) is 0 Å². The lowest BCUT2D eigenvalue weighted by atomic mass is 10.2. The van der Waals surface area contributed by atoms with Gasteiger partial charge in [-0.2, -0.15) is 5.26 Å². The molecular formula is C11H11ClN2O4S. The van der Waals surface area contributed by atoms with E-state index in [0.29, 0.717) is 0 Å². The lowest BCUT2D eigenvalue weighted by molar-refractivity contribution is 0.0697. The maximum atomic E-state index is 11.9. The van der Waals surface area contributed by atoms with Crippen molar-refractivity contribution in [2.45, 2.75) is 24.3 Å². The smallest absolute Gasteiger partial charge is 0.337 e. The van der Waals surface area contributed by atoms with Crippen molar-refractivity contribution in [2.24, 2.45) is 0 Å². The molecule has 0 spiro atoms. The van der Waals surface area contributed by atoms with E-state index < -0.39 is 22.0 Å². The molecule has 0 aliphatic rings. The predicted octanol–water partition coefficient (Wildman–Crippen LogP) is 1.62. The second kappa shape index (κ2) is 6.02. The zero-order valence-electron chi connectivity index (χ0n) is 9.92. The fourth-order valence-electron chi connectivity index (χ4n) is 1.35. The maximum absolute atomic E-state index is 11.9. The van der Waals surface area contributed by atoms with E-state index in [2.05, 4.69) is 4.72 Å². The minimum absolute atomic E-state index is 0.0279. The van der Waals surface area contributed by atoms with Crippen LogP contribution in [-0.4, -0.2) is 25.5 Å². The number of nitrogens with one attached hydrogen (secondary N) is 1. The molecule has 1 rings (SSSR count). The normalized spacial score (nSPS) is 12.7. The molecule has 0 aromatic heterocycles. The number of carboxylic acid groups (broad SMARTS) is 1. The van der Waals surface area contributed by atoms with Crippen LogP contribution in [0.1, 0.15) is 23.7 Å². The van der Waals surface area contributed by atoms with E-state index in [4.69, 9.17) is 22.0 Å². The molecule has 19 heavy (non-hydrogen) atoms. The highest BCUT2D eigenvalue weighted by Gasteiger charge is 2.19. The summed E-state index contributed by atoms with van der Waals surface area (Å²) in [4.78, 5) is 10.6. The number of halogens is 1. The van der Waals surface area contributed by atoms with Crippen LogP contribution in [0, 0.1) is 11.3 Å². The van der Waals surface area contributed by atoms with Crippen molar-refractivity contribution >= 4 is 27.6 Å². The molecule has 0 radical (unpaired) electrons. The second-order valence-corrected chi connectivity index (χ2v) is 5.95. The number of carbonyl (C=O) groups is 1. The summed E-state index contributed by atoms with van der Waals surface area (Å²) < 4.78 is 26.1. The number of hydrogen-bond donors (Lipinski definition) is 2. The van der Waals surface area contributed by atoms with E-state index in [1.807, 2.05) is 6.07 Å². The van der Waals surface area contributed by atoms with Crippen LogP contribution < -0.4 is 4.72 Å². The molecule has 0 saturated heterocycles. The monoisotopic (exact) mass is 302 g/mol. The van der Waals surface area contributed by atoms with Gasteiger partial charge in [0, 0.05) is 6.04 Å². The van der Waals surface area contributed by atoms with Gasteiger partial charge in [0.2, 0.25) is 10.0 Å². The van der Waals surface area contributed by atoms with Gasteiger partial charge in [-0.15, -0.1) is 0 Å². The average Bonchev–Trinajstić information content (AvgIpc) is 2.27. The molecule has 0 amide bonds. The zero-order valence-corrected chi connectivity index (χ0v) is 11.5. The number of benzene rings is 1. The molecular weight excluding hydrogens is 292 g/mol. The minimum atomic E-state index is -3.83. The summed E-state index contributed by atoms with van der Waals surface area (Å²) >= 11 is 5.70. The van der Waals surface area contributed by atoms with Gasteiger partial charge in [0.05, 0.1) is 28.0 Å². The van der Waals surface area contributed by atoms with Crippen LogP contribution in [0.5, 0.6) is 0 Å². The lowest BCUT2D eigenvalue weighted by Crippen LogP contribution is -2.32. The van der Waals surface area contributed by atoms with E-state index in [1.165, 1.54) is 0 Å². The molecule has 1 aromatic rings. The Morgan fingerprint density at radius 1 is 1.58 bits per heavy atom. The van der Waals surface area contributed by atoms with Crippen molar-refractivity contribution in [3.8, 4) is 6.07 Å². The first-order chi connectivity index (χ1) is 8.77. The molecule has 6 nitrogen and oxygen atoms in total. The van der Waals surface area contributed by atoms with Crippen LogP contribution in [0.15, 0.2) is 23.1 Å². The number of carboxylic acids is 1. The van der Waals surface area contributed by atoms with E-state index in [0.717, 1.165) is 18.2 Å².